The monoisotopic (exact) mass is 199 g/mol. The molecule has 14 heavy (non-hydrogen) atoms. The Morgan fingerprint density at radius 2 is 2.36 bits per heavy atom. The van der Waals surface area contributed by atoms with Crippen LogP contribution in [0.25, 0.3) is 0 Å². The van der Waals surface area contributed by atoms with Gasteiger partial charge < -0.3 is 16.4 Å². The van der Waals surface area contributed by atoms with Crippen molar-refractivity contribution in [2.75, 3.05) is 6.54 Å². The minimum atomic E-state index is -0.391. The van der Waals surface area contributed by atoms with Crippen molar-refractivity contribution in [3.63, 3.8) is 0 Å². The molecule has 0 radical (unpaired) electrons. The van der Waals surface area contributed by atoms with Gasteiger partial charge in [0.25, 0.3) is 0 Å². The molecular formula is C9H17N3O2. The summed E-state index contributed by atoms with van der Waals surface area (Å²) in [5, 5.41) is 5.84. The topological polar surface area (TPSA) is 84.2 Å². The minimum Gasteiger partial charge on any atom is -0.370 e. The van der Waals surface area contributed by atoms with E-state index in [9.17, 15) is 9.59 Å². The van der Waals surface area contributed by atoms with E-state index in [2.05, 4.69) is 10.6 Å². The maximum atomic E-state index is 11.5. The molecule has 1 unspecified atom stereocenters. The van der Waals surface area contributed by atoms with Gasteiger partial charge in [0.15, 0.2) is 0 Å². The van der Waals surface area contributed by atoms with Crippen LogP contribution < -0.4 is 16.4 Å². The first-order chi connectivity index (χ1) is 6.59. The molecule has 1 heterocycles. The van der Waals surface area contributed by atoms with E-state index in [1.165, 1.54) is 0 Å². The summed E-state index contributed by atoms with van der Waals surface area (Å²) in [5.74, 6) is -0.423. The third-order valence-corrected chi connectivity index (χ3v) is 2.27. The molecular weight excluding hydrogens is 182 g/mol. The number of rotatable bonds is 4. The molecule has 5 nitrogen and oxygen atoms in total. The lowest BCUT2D eigenvalue weighted by Gasteiger charge is -2.15. The summed E-state index contributed by atoms with van der Waals surface area (Å²) in [6.45, 7) is 2.67. The molecule has 1 fully saturated rings. The Hall–Kier alpha value is -1.10. The van der Waals surface area contributed by atoms with E-state index in [1.807, 2.05) is 0 Å². The van der Waals surface area contributed by atoms with Crippen molar-refractivity contribution in [1.82, 2.24) is 10.6 Å². The zero-order chi connectivity index (χ0) is 10.6. The number of hydrogen-bond donors (Lipinski definition) is 3. The van der Waals surface area contributed by atoms with Crippen LogP contribution in [0.5, 0.6) is 0 Å². The van der Waals surface area contributed by atoms with Crippen molar-refractivity contribution in [2.24, 2.45) is 5.73 Å². The second-order valence-corrected chi connectivity index (χ2v) is 3.73. The predicted molar refractivity (Wildman–Crippen MR) is 52.4 cm³/mol. The van der Waals surface area contributed by atoms with Gasteiger partial charge in [-0.3, -0.25) is 9.59 Å². The van der Waals surface area contributed by atoms with Gasteiger partial charge in [0.05, 0.1) is 6.04 Å². The summed E-state index contributed by atoms with van der Waals surface area (Å²) in [5.41, 5.74) is 5.02. The lowest BCUT2D eigenvalue weighted by Crippen LogP contribution is -2.45. The first-order valence-corrected chi connectivity index (χ1v) is 4.91. The van der Waals surface area contributed by atoms with Crippen molar-refractivity contribution >= 4 is 11.8 Å². The van der Waals surface area contributed by atoms with Crippen molar-refractivity contribution in [1.29, 1.82) is 0 Å². The number of nitrogens with two attached hydrogens (primary N) is 1. The summed E-state index contributed by atoms with van der Waals surface area (Å²) in [7, 11) is 0. The van der Waals surface area contributed by atoms with Gasteiger partial charge in [0, 0.05) is 12.5 Å². The van der Waals surface area contributed by atoms with Crippen LogP contribution in [-0.4, -0.2) is 30.4 Å². The largest absolute Gasteiger partial charge is 0.370 e. The highest BCUT2D eigenvalue weighted by molar-refractivity contribution is 5.83. The molecule has 1 aliphatic rings. The molecule has 0 spiro atoms. The van der Waals surface area contributed by atoms with E-state index in [1.54, 1.807) is 6.92 Å². The number of primary amides is 1. The zero-order valence-corrected chi connectivity index (χ0v) is 8.38. The van der Waals surface area contributed by atoms with Crippen LogP contribution in [0.4, 0.5) is 0 Å². The fourth-order valence-electron chi connectivity index (χ4n) is 1.60. The van der Waals surface area contributed by atoms with Crippen molar-refractivity contribution in [2.45, 2.75) is 38.3 Å². The lowest BCUT2D eigenvalue weighted by molar-refractivity contribution is -0.123. The SMILES string of the molecule is CC(CC(N)=O)NC(=O)[C@H]1CCCN1. The van der Waals surface area contributed by atoms with Gasteiger partial charge in [-0.05, 0) is 26.3 Å². The van der Waals surface area contributed by atoms with Crippen LogP contribution >= 0.6 is 0 Å². The highest BCUT2D eigenvalue weighted by atomic mass is 16.2. The Morgan fingerprint density at radius 3 is 2.86 bits per heavy atom. The van der Waals surface area contributed by atoms with Crippen molar-refractivity contribution < 1.29 is 9.59 Å². The van der Waals surface area contributed by atoms with Gasteiger partial charge in [-0.15, -0.1) is 0 Å². The van der Waals surface area contributed by atoms with Crippen molar-refractivity contribution in [3.05, 3.63) is 0 Å². The summed E-state index contributed by atoms with van der Waals surface area (Å²) in [4.78, 5) is 22.1. The van der Waals surface area contributed by atoms with Gasteiger partial charge >= 0.3 is 0 Å². The van der Waals surface area contributed by atoms with E-state index in [0.29, 0.717) is 0 Å². The first kappa shape index (κ1) is 11.0. The van der Waals surface area contributed by atoms with Gasteiger partial charge in [-0.1, -0.05) is 0 Å². The van der Waals surface area contributed by atoms with Crippen LogP contribution in [0.15, 0.2) is 0 Å². The Bertz CT molecular complexity index is 224. The van der Waals surface area contributed by atoms with E-state index in [0.717, 1.165) is 19.4 Å². The van der Waals surface area contributed by atoms with Crippen LogP contribution in [0.3, 0.4) is 0 Å². The third-order valence-electron chi connectivity index (χ3n) is 2.27. The Balaban J connectivity index is 2.28. The molecule has 80 valence electrons. The predicted octanol–water partition coefficient (Wildman–Crippen LogP) is -0.881. The third kappa shape index (κ3) is 3.33. The molecule has 1 saturated heterocycles. The molecule has 0 saturated carbocycles. The van der Waals surface area contributed by atoms with Gasteiger partial charge in [-0.2, -0.15) is 0 Å². The van der Waals surface area contributed by atoms with Crippen LogP contribution in [0.1, 0.15) is 26.2 Å². The molecule has 0 bridgehead atoms. The molecule has 2 amide bonds. The van der Waals surface area contributed by atoms with Gasteiger partial charge in [-0.25, -0.2) is 0 Å². The van der Waals surface area contributed by atoms with E-state index >= 15 is 0 Å². The molecule has 2 atom stereocenters. The Morgan fingerprint density at radius 1 is 1.64 bits per heavy atom. The van der Waals surface area contributed by atoms with E-state index in [-0.39, 0.29) is 24.4 Å². The maximum Gasteiger partial charge on any atom is 0.237 e. The standard InChI is InChI=1S/C9H17N3O2/c1-6(5-8(10)13)12-9(14)7-3-2-4-11-7/h6-7,11H,2-5H2,1H3,(H2,10,13)(H,12,14)/t6?,7-/m1/s1. The van der Waals surface area contributed by atoms with Crippen LogP contribution in [0, 0.1) is 0 Å². The molecule has 0 aromatic rings. The number of nitrogens with one attached hydrogen (secondary N) is 2. The number of amides is 2. The smallest absolute Gasteiger partial charge is 0.237 e. The van der Waals surface area contributed by atoms with Crippen molar-refractivity contribution in [3.8, 4) is 0 Å². The quantitative estimate of drug-likeness (QED) is 0.549. The highest BCUT2D eigenvalue weighted by Gasteiger charge is 2.23. The number of carbonyl (C=O) groups is 2. The van der Waals surface area contributed by atoms with E-state index < -0.39 is 5.91 Å². The first-order valence-electron chi connectivity index (χ1n) is 4.91. The molecule has 0 aromatic heterocycles. The summed E-state index contributed by atoms with van der Waals surface area (Å²) in [6, 6.07) is -0.271. The fourth-order valence-corrected chi connectivity index (χ4v) is 1.60. The number of carbonyl (C=O) groups excluding carboxylic acids is 2. The lowest BCUT2D eigenvalue weighted by atomic mass is 10.2. The second kappa shape index (κ2) is 4.95. The molecule has 4 N–H and O–H groups in total. The summed E-state index contributed by atoms with van der Waals surface area (Å²) >= 11 is 0. The average Bonchev–Trinajstić information content (AvgIpc) is 2.53. The fraction of sp³-hybridized carbons (Fsp3) is 0.778. The Kier molecular flexibility index (Phi) is 3.88. The minimum absolute atomic E-state index is 0.0312. The maximum absolute atomic E-state index is 11.5. The van der Waals surface area contributed by atoms with Gasteiger partial charge in [0.1, 0.15) is 0 Å². The van der Waals surface area contributed by atoms with Crippen LogP contribution in [-0.2, 0) is 9.59 Å². The molecule has 0 aromatic carbocycles. The molecule has 1 rings (SSSR count). The van der Waals surface area contributed by atoms with Crippen LogP contribution in [0.2, 0.25) is 0 Å². The summed E-state index contributed by atoms with van der Waals surface area (Å²) in [6.07, 6.45) is 2.09. The average molecular weight is 199 g/mol. The zero-order valence-electron chi connectivity index (χ0n) is 8.38. The molecule has 1 aliphatic heterocycles. The second-order valence-electron chi connectivity index (χ2n) is 3.73. The number of hydrogen-bond acceptors (Lipinski definition) is 3. The molecule has 0 aliphatic carbocycles. The summed E-state index contributed by atoms with van der Waals surface area (Å²) < 4.78 is 0. The highest BCUT2D eigenvalue weighted by Crippen LogP contribution is 2.05. The Labute approximate surface area is 83.4 Å². The van der Waals surface area contributed by atoms with E-state index in [4.69, 9.17) is 5.73 Å². The van der Waals surface area contributed by atoms with Gasteiger partial charge in [0.2, 0.25) is 11.8 Å². The normalized spacial score (nSPS) is 23.1. The molecule has 5 heteroatoms.